The van der Waals surface area contributed by atoms with Crippen LogP contribution in [0.25, 0.3) is 16.6 Å². The van der Waals surface area contributed by atoms with Gasteiger partial charge in [0.15, 0.2) is 6.10 Å². The van der Waals surface area contributed by atoms with Crippen molar-refractivity contribution >= 4 is 17.5 Å². The average molecular weight is 532 g/mol. The average Bonchev–Trinajstić information content (AvgIpc) is 3.27. The molecular formula is C30H37N5O4. The van der Waals surface area contributed by atoms with Gasteiger partial charge in [-0.25, -0.2) is 4.79 Å². The topological polar surface area (TPSA) is 109 Å². The number of hydrogen-bond acceptors (Lipinski definition) is 6. The fourth-order valence-corrected chi connectivity index (χ4v) is 4.67. The second-order valence-corrected chi connectivity index (χ2v) is 11.1. The van der Waals surface area contributed by atoms with E-state index >= 15 is 0 Å². The first-order valence-electron chi connectivity index (χ1n) is 13.4. The van der Waals surface area contributed by atoms with Crippen molar-refractivity contribution in [1.29, 1.82) is 5.26 Å². The number of amides is 2. The maximum absolute atomic E-state index is 13.1. The summed E-state index contributed by atoms with van der Waals surface area (Å²) >= 11 is 0. The maximum Gasteiger partial charge on any atom is 0.410 e. The SMILES string of the molecule is Cc1cn2cc(-c3ccc(C[C@@H](C#N)NC(=O)[C@@H]4CN(C(=O)OC(C)(C)C)CCCCO4)cc3)cc2c(C)n1. The summed E-state index contributed by atoms with van der Waals surface area (Å²) in [5, 5.41) is 12.6. The minimum atomic E-state index is -0.874. The summed E-state index contributed by atoms with van der Waals surface area (Å²) in [4.78, 5) is 31.8. The van der Waals surface area contributed by atoms with Crippen LogP contribution < -0.4 is 5.32 Å². The Morgan fingerprint density at radius 1 is 1.18 bits per heavy atom. The van der Waals surface area contributed by atoms with E-state index in [9.17, 15) is 14.9 Å². The van der Waals surface area contributed by atoms with Crippen LogP contribution in [0, 0.1) is 25.2 Å². The smallest absolute Gasteiger partial charge is 0.410 e. The molecule has 0 aliphatic carbocycles. The van der Waals surface area contributed by atoms with Gasteiger partial charge in [-0.05, 0) is 64.7 Å². The third-order valence-corrected chi connectivity index (χ3v) is 6.56. The van der Waals surface area contributed by atoms with Crippen LogP contribution in [-0.2, 0) is 20.7 Å². The predicted octanol–water partition coefficient (Wildman–Crippen LogP) is 4.59. The number of hydrogen-bond donors (Lipinski definition) is 1. The van der Waals surface area contributed by atoms with Crippen LogP contribution in [-0.4, -0.2) is 63.7 Å². The number of aromatic nitrogens is 2. The van der Waals surface area contributed by atoms with E-state index in [1.807, 2.05) is 44.3 Å². The summed E-state index contributed by atoms with van der Waals surface area (Å²) in [5.74, 6) is -0.409. The zero-order valence-electron chi connectivity index (χ0n) is 23.4. The molecule has 1 aliphatic rings. The van der Waals surface area contributed by atoms with Crippen molar-refractivity contribution in [1.82, 2.24) is 19.6 Å². The summed E-state index contributed by atoms with van der Waals surface area (Å²) in [6, 6.07) is 11.6. The molecule has 2 atom stereocenters. The van der Waals surface area contributed by atoms with Crippen LogP contribution >= 0.6 is 0 Å². The van der Waals surface area contributed by atoms with Crippen LogP contribution in [0.5, 0.6) is 0 Å². The van der Waals surface area contributed by atoms with Crippen molar-refractivity contribution < 1.29 is 19.1 Å². The van der Waals surface area contributed by atoms with Crippen molar-refractivity contribution in [2.45, 2.75) is 71.6 Å². The number of ether oxygens (including phenoxy) is 2. The number of aryl methyl sites for hydroxylation is 2. The molecule has 1 fully saturated rings. The van der Waals surface area contributed by atoms with Crippen molar-refractivity contribution in [3.63, 3.8) is 0 Å². The first-order valence-corrected chi connectivity index (χ1v) is 13.4. The van der Waals surface area contributed by atoms with Gasteiger partial charge in [0, 0.05) is 37.5 Å². The van der Waals surface area contributed by atoms with Gasteiger partial charge in [-0.15, -0.1) is 0 Å². The standard InChI is InChI=1S/C30H37N5O4/c1-20-17-35-18-24(15-26(35)21(2)32-20)23-10-8-22(9-11-23)14-25(16-31)33-28(36)27-19-34(12-6-7-13-38-27)29(37)39-30(3,4)5/h8-11,15,17-18,25,27H,6-7,12-14,19H2,1-5H3,(H,33,36)/t25-,27-/m0/s1. The van der Waals surface area contributed by atoms with E-state index < -0.39 is 29.7 Å². The van der Waals surface area contributed by atoms with Crippen molar-refractivity contribution in [2.75, 3.05) is 19.7 Å². The Kier molecular flexibility index (Phi) is 8.56. The highest BCUT2D eigenvalue weighted by atomic mass is 16.6. The Balaban J connectivity index is 1.40. The molecule has 0 radical (unpaired) electrons. The highest BCUT2D eigenvalue weighted by Gasteiger charge is 2.30. The zero-order chi connectivity index (χ0) is 28.2. The highest BCUT2D eigenvalue weighted by molar-refractivity contribution is 5.82. The second-order valence-electron chi connectivity index (χ2n) is 11.1. The van der Waals surface area contributed by atoms with E-state index in [0.717, 1.165) is 46.4 Å². The fraction of sp³-hybridized carbons (Fsp3) is 0.467. The van der Waals surface area contributed by atoms with E-state index in [2.05, 4.69) is 33.0 Å². The Hall–Kier alpha value is -3.90. The lowest BCUT2D eigenvalue weighted by Gasteiger charge is -2.31. The third kappa shape index (κ3) is 7.36. The Bertz CT molecular complexity index is 1370. The number of nitrogens with one attached hydrogen (secondary N) is 1. The molecule has 2 aromatic heterocycles. The lowest BCUT2D eigenvalue weighted by molar-refractivity contribution is -0.135. The Morgan fingerprint density at radius 3 is 2.62 bits per heavy atom. The van der Waals surface area contributed by atoms with Gasteiger partial charge in [-0.2, -0.15) is 5.26 Å². The number of rotatable bonds is 5. The summed E-state index contributed by atoms with van der Waals surface area (Å²) < 4.78 is 13.4. The summed E-state index contributed by atoms with van der Waals surface area (Å²) in [5.41, 5.74) is 5.44. The van der Waals surface area contributed by atoms with Gasteiger partial charge in [0.05, 0.1) is 29.5 Å². The molecule has 206 valence electrons. The molecule has 9 heteroatoms. The largest absolute Gasteiger partial charge is 0.444 e. The number of carbonyl (C=O) groups excluding carboxylic acids is 2. The van der Waals surface area contributed by atoms with Crippen LogP contribution in [0.3, 0.4) is 0 Å². The molecule has 0 bridgehead atoms. The zero-order valence-corrected chi connectivity index (χ0v) is 23.4. The quantitative estimate of drug-likeness (QED) is 0.516. The van der Waals surface area contributed by atoms with Gasteiger partial charge in [0.1, 0.15) is 11.6 Å². The fourth-order valence-electron chi connectivity index (χ4n) is 4.67. The van der Waals surface area contributed by atoms with Crippen LogP contribution in [0.15, 0.2) is 42.7 Å². The molecule has 0 spiro atoms. The summed E-state index contributed by atoms with van der Waals surface area (Å²) in [6.07, 6.45) is 4.59. The minimum absolute atomic E-state index is 0.0775. The first-order chi connectivity index (χ1) is 18.5. The molecule has 1 N–H and O–H groups in total. The number of fused-ring (bicyclic) bond motifs is 1. The normalized spacial score (nSPS) is 17.1. The molecule has 4 rings (SSSR count). The molecule has 0 saturated carbocycles. The van der Waals surface area contributed by atoms with E-state index in [-0.39, 0.29) is 6.54 Å². The van der Waals surface area contributed by atoms with E-state index in [0.29, 0.717) is 19.6 Å². The van der Waals surface area contributed by atoms with Gasteiger partial charge >= 0.3 is 6.09 Å². The monoisotopic (exact) mass is 531 g/mol. The van der Waals surface area contributed by atoms with E-state index in [1.165, 1.54) is 4.90 Å². The first kappa shape index (κ1) is 28.1. The van der Waals surface area contributed by atoms with Crippen LogP contribution in [0.2, 0.25) is 0 Å². The van der Waals surface area contributed by atoms with Gasteiger partial charge in [0.2, 0.25) is 0 Å². The molecule has 39 heavy (non-hydrogen) atoms. The van der Waals surface area contributed by atoms with E-state index in [1.54, 1.807) is 20.8 Å². The highest BCUT2D eigenvalue weighted by Crippen LogP contribution is 2.25. The molecule has 1 aliphatic heterocycles. The molecular weight excluding hydrogens is 494 g/mol. The second kappa shape index (κ2) is 11.9. The van der Waals surface area contributed by atoms with Crippen molar-refractivity contribution in [2.24, 2.45) is 0 Å². The molecule has 1 saturated heterocycles. The van der Waals surface area contributed by atoms with Crippen molar-refractivity contribution in [3.05, 3.63) is 59.7 Å². The lowest BCUT2D eigenvalue weighted by Crippen LogP contribution is -2.50. The van der Waals surface area contributed by atoms with Gasteiger partial charge < -0.3 is 24.1 Å². The van der Waals surface area contributed by atoms with Gasteiger partial charge in [-0.3, -0.25) is 9.78 Å². The minimum Gasteiger partial charge on any atom is -0.444 e. The molecule has 1 aromatic carbocycles. The molecule has 3 heterocycles. The lowest BCUT2D eigenvalue weighted by atomic mass is 10.0. The summed E-state index contributed by atoms with van der Waals surface area (Å²) in [6.45, 7) is 10.4. The Labute approximate surface area is 229 Å². The maximum atomic E-state index is 13.1. The Morgan fingerprint density at radius 2 is 1.92 bits per heavy atom. The molecule has 0 unspecified atom stereocenters. The summed E-state index contributed by atoms with van der Waals surface area (Å²) in [7, 11) is 0. The van der Waals surface area contributed by atoms with Gasteiger partial charge in [-0.1, -0.05) is 24.3 Å². The van der Waals surface area contributed by atoms with E-state index in [4.69, 9.17) is 9.47 Å². The third-order valence-electron chi connectivity index (χ3n) is 6.56. The molecule has 9 nitrogen and oxygen atoms in total. The van der Waals surface area contributed by atoms with Crippen molar-refractivity contribution in [3.8, 4) is 17.2 Å². The van der Waals surface area contributed by atoms with Crippen LogP contribution in [0.4, 0.5) is 4.79 Å². The van der Waals surface area contributed by atoms with Crippen LogP contribution in [0.1, 0.15) is 50.6 Å². The number of nitriles is 1. The number of carbonyl (C=O) groups is 2. The predicted molar refractivity (Wildman–Crippen MR) is 148 cm³/mol. The van der Waals surface area contributed by atoms with Gasteiger partial charge in [0.25, 0.3) is 5.91 Å². The number of benzene rings is 1. The molecule has 3 aromatic rings. The number of nitrogens with zero attached hydrogens (tertiary/aromatic N) is 4. The molecule has 2 amide bonds.